The molecule has 6 nitrogen and oxygen atoms in total. The summed E-state index contributed by atoms with van der Waals surface area (Å²) in [5.74, 6) is 0.0612. The highest BCUT2D eigenvalue weighted by Gasteiger charge is 2.37. The molecule has 1 unspecified atom stereocenters. The molecule has 0 aromatic heterocycles. The van der Waals surface area contributed by atoms with Crippen LogP contribution < -0.4 is 0 Å². The predicted octanol–water partition coefficient (Wildman–Crippen LogP) is 1.45. The van der Waals surface area contributed by atoms with Gasteiger partial charge in [-0.25, -0.2) is 4.79 Å². The first-order valence-electron chi connectivity index (χ1n) is 8.04. The van der Waals surface area contributed by atoms with E-state index in [0.29, 0.717) is 17.2 Å². The van der Waals surface area contributed by atoms with Crippen molar-refractivity contribution in [3.8, 4) is 0 Å². The molecule has 128 valence electrons. The highest BCUT2D eigenvalue weighted by Crippen LogP contribution is 2.25. The third-order valence-corrected chi connectivity index (χ3v) is 5.45. The molecule has 0 spiro atoms. The van der Waals surface area contributed by atoms with Gasteiger partial charge in [0.25, 0.3) is 0 Å². The lowest BCUT2D eigenvalue weighted by molar-refractivity contribution is -0.142. The number of carboxylic acid groups (broad SMARTS) is 1. The van der Waals surface area contributed by atoms with Crippen molar-refractivity contribution in [3.63, 3.8) is 0 Å². The van der Waals surface area contributed by atoms with E-state index >= 15 is 0 Å². The second-order valence-electron chi connectivity index (χ2n) is 6.09. The Hall–Kier alpha value is -2.02. The fourth-order valence-corrected chi connectivity index (χ4v) is 4.30. The molecule has 2 aliphatic rings. The predicted molar refractivity (Wildman–Crippen MR) is 90.9 cm³/mol. The van der Waals surface area contributed by atoms with Gasteiger partial charge in [-0.05, 0) is 30.5 Å². The topological polar surface area (TPSA) is 77.9 Å². The molecule has 1 aromatic rings. The normalized spacial score (nSPS) is 20.4. The minimum atomic E-state index is -1.01. The van der Waals surface area contributed by atoms with Crippen LogP contribution in [0.3, 0.4) is 0 Å². The van der Waals surface area contributed by atoms with Gasteiger partial charge < -0.3 is 14.9 Å². The van der Waals surface area contributed by atoms with Gasteiger partial charge in [0, 0.05) is 18.8 Å². The van der Waals surface area contributed by atoms with Gasteiger partial charge in [0.15, 0.2) is 0 Å². The molecule has 2 saturated heterocycles. The van der Waals surface area contributed by atoms with E-state index in [1.807, 2.05) is 4.90 Å². The molecule has 2 heterocycles. The average Bonchev–Trinajstić information content (AvgIpc) is 3.26. The Balaban J connectivity index is 1.68. The van der Waals surface area contributed by atoms with Gasteiger partial charge in [-0.2, -0.15) is 0 Å². The van der Waals surface area contributed by atoms with Crippen LogP contribution in [0.25, 0.3) is 0 Å². The van der Waals surface area contributed by atoms with Crippen LogP contribution in [-0.2, 0) is 16.0 Å². The number of carbonyl (C=O) groups excluding carboxylic acids is 2. The van der Waals surface area contributed by atoms with E-state index in [4.69, 9.17) is 5.11 Å². The Morgan fingerprint density at radius 1 is 1.21 bits per heavy atom. The van der Waals surface area contributed by atoms with Crippen LogP contribution in [0.1, 0.15) is 28.8 Å². The number of benzene rings is 1. The van der Waals surface area contributed by atoms with Crippen molar-refractivity contribution in [3.05, 3.63) is 35.4 Å². The van der Waals surface area contributed by atoms with Gasteiger partial charge in [0.2, 0.25) is 11.8 Å². The van der Waals surface area contributed by atoms with Crippen LogP contribution in [0.15, 0.2) is 24.3 Å². The number of hydrogen-bond acceptors (Lipinski definition) is 4. The SMILES string of the molecule is O=C(O)c1cccc(CC(=O)N2CSCC2C(=O)N2CCCC2)c1. The summed E-state index contributed by atoms with van der Waals surface area (Å²) in [5.41, 5.74) is 0.824. The largest absolute Gasteiger partial charge is 0.478 e. The molecule has 2 aliphatic heterocycles. The number of amides is 2. The summed E-state index contributed by atoms with van der Waals surface area (Å²) in [6.45, 7) is 1.56. The van der Waals surface area contributed by atoms with E-state index in [2.05, 4.69) is 0 Å². The van der Waals surface area contributed by atoms with Crippen molar-refractivity contribution in [2.45, 2.75) is 25.3 Å². The summed E-state index contributed by atoms with van der Waals surface area (Å²) in [6, 6.07) is 6.01. The molecule has 24 heavy (non-hydrogen) atoms. The lowest BCUT2D eigenvalue weighted by Crippen LogP contribution is -2.48. The molecular weight excluding hydrogens is 328 g/mol. The second kappa shape index (κ2) is 7.25. The fourth-order valence-electron chi connectivity index (χ4n) is 3.13. The summed E-state index contributed by atoms with van der Waals surface area (Å²) in [5, 5.41) is 9.04. The summed E-state index contributed by atoms with van der Waals surface area (Å²) in [7, 11) is 0. The first-order chi connectivity index (χ1) is 11.6. The first kappa shape index (κ1) is 16.8. The Labute approximate surface area is 144 Å². The van der Waals surface area contributed by atoms with Crippen LogP contribution in [0.2, 0.25) is 0 Å². The third-order valence-electron chi connectivity index (χ3n) is 4.43. The van der Waals surface area contributed by atoms with Crippen LogP contribution in [0.5, 0.6) is 0 Å². The van der Waals surface area contributed by atoms with Gasteiger partial charge in [-0.1, -0.05) is 12.1 Å². The molecule has 1 atom stereocenters. The summed E-state index contributed by atoms with van der Waals surface area (Å²) in [4.78, 5) is 39.7. The summed E-state index contributed by atoms with van der Waals surface area (Å²) >= 11 is 1.59. The van der Waals surface area contributed by atoms with Gasteiger partial charge in [0.05, 0.1) is 17.9 Å². The van der Waals surface area contributed by atoms with E-state index in [9.17, 15) is 14.4 Å². The Morgan fingerprint density at radius 3 is 2.67 bits per heavy atom. The van der Waals surface area contributed by atoms with Crippen LogP contribution in [0.4, 0.5) is 0 Å². The van der Waals surface area contributed by atoms with Crippen molar-refractivity contribution in [1.29, 1.82) is 0 Å². The Bertz CT molecular complexity index is 658. The van der Waals surface area contributed by atoms with Crippen molar-refractivity contribution in [1.82, 2.24) is 9.80 Å². The molecule has 0 aliphatic carbocycles. The summed E-state index contributed by atoms with van der Waals surface area (Å²) < 4.78 is 0. The zero-order valence-electron chi connectivity index (χ0n) is 13.3. The average molecular weight is 348 g/mol. The molecule has 7 heteroatoms. The number of rotatable bonds is 4. The van der Waals surface area contributed by atoms with Gasteiger partial charge in [-0.15, -0.1) is 11.8 Å². The molecule has 2 fully saturated rings. The minimum Gasteiger partial charge on any atom is -0.478 e. The molecule has 3 rings (SSSR count). The van der Waals surface area contributed by atoms with Crippen molar-refractivity contribution in [2.24, 2.45) is 0 Å². The zero-order chi connectivity index (χ0) is 17.1. The molecule has 2 amide bonds. The molecule has 0 bridgehead atoms. The molecule has 0 radical (unpaired) electrons. The van der Waals surface area contributed by atoms with Gasteiger partial charge in [-0.3, -0.25) is 9.59 Å². The molecule has 1 aromatic carbocycles. The maximum absolute atomic E-state index is 12.6. The van der Waals surface area contributed by atoms with E-state index in [1.165, 1.54) is 12.1 Å². The van der Waals surface area contributed by atoms with E-state index in [-0.39, 0.29) is 29.8 Å². The number of carbonyl (C=O) groups is 3. The third kappa shape index (κ3) is 3.56. The number of nitrogens with zero attached hydrogens (tertiary/aromatic N) is 2. The van der Waals surface area contributed by atoms with Crippen molar-refractivity contribution < 1.29 is 19.5 Å². The lowest BCUT2D eigenvalue weighted by atomic mass is 10.1. The van der Waals surface area contributed by atoms with Gasteiger partial charge >= 0.3 is 5.97 Å². The molecule has 0 saturated carbocycles. The number of hydrogen-bond donors (Lipinski definition) is 1. The summed E-state index contributed by atoms with van der Waals surface area (Å²) in [6.07, 6.45) is 2.18. The first-order valence-corrected chi connectivity index (χ1v) is 9.20. The maximum Gasteiger partial charge on any atom is 0.335 e. The van der Waals surface area contributed by atoms with Crippen LogP contribution >= 0.6 is 11.8 Å². The quantitative estimate of drug-likeness (QED) is 0.891. The van der Waals surface area contributed by atoms with Crippen LogP contribution in [-0.4, -0.2) is 63.5 Å². The Kier molecular flexibility index (Phi) is 5.08. The van der Waals surface area contributed by atoms with Crippen molar-refractivity contribution in [2.75, 3.05) is 24.7 Å². The Morgan fingerprint density at radius 2 is 1.96 bits per heavy atom. The number of likely N-dealkylation sites (tertiary alicyclic amines) is 1. The van der Waals surface area contributed by atoms with Gasteiger partial charge in [0.1, 0.15) is 6.04 Å². The fraction of sp³-hybridized carbons (Fsp3) is 0.471. The standard InChI is InChI=1S/C17H20N2O4S/c20-15(9-12-4-3-5-13(8-12)17(22)23)19-11-24-10-14(19)16(21)18-6-1-2-7-18/h3-5,8,14H,1-2,6-7,9-11H2,(H,22,23). The molecule has 1 N–H and O–H groups in total. The number of carboxylic acids is 1. The number of thioether (sulfide) groups is 1. The minimum absolute atomic E-state index is 0.0464. The highest BCUT2D eigenvalue weighted by atomic mass is 32.2. The maximum atomic E-state index is 12.6. The van der Waals surface area contributed by atoms with Crippen molar-refractivity contribution >= 4 is 29.5 Å². The smallest absolute Gasteiger partial charge is 0.335 e. The number of aromatic carboxylic acids is 1. The van der Waals surface area contributed by atoms with E-state index in [1.54, 1.807) is 28.8 Å². The zero-order valence-corrected chi connectivity index (χ0v) is 14.1. The molecular formula is C17H20N2O4S. The van der Waals surface area contributed by atoms with Crippen LogP contribution in [0, 0.1) is 0 Å². The highest BCUT2D eigenvalue weighted by molar-refractivity contribution is 7.99. The second-order valence-corrected chi connectivity index (χ2v) is 7.09. The monoisotopic (exact) mass is 348 g/mol. The van der Waals surface area contributed by atoms with E-state index in [0.717, 1.165) is 25.9 Å². The van der Waals surface area contributed by atoms with E-state index < -0.39 is 5.97 Å². The lowest BCUT2D eigenvalue weighted by Gasteiger charge is -2.27.